The van der Waals surface area contributed by atoms with Gasteiger partial charge in [-0.3, -0.25) is 0 Å². The molecule has 4 aromatic heterocycles. The van der Waals surface area contributed by atoms with E-state index in [1.165, 1.54) is 6.33 Å². The molecule has 0 unspecified atom stereocenters. The summed E-state index contributed by atoms with van der Waals surface area (Å²) in [5.74, 6) is 1.32. The Morgan fingerprint density at radius 3 is 2.87 bits per heavy atom. The van der Waals surface area contributed by atoms with Crippen molar-refractivity contribution < 1.29 is 4.74 Å². The molecule has 9 heteroatoms. The van der Waals surface area contributed by atoms with Crippen LogP contribution >= 0.6 is 0 Å². The average Bonchev–Trinajstić information content (AvgIpc) is 3.34. The zero-order valence-electron chi connectivity index (χ0n) is 16.4. The van der Waals surface area contributed by atoms with E-state index >= 15 is 0 Å². The molecule has 0 aliphatic carbocycles. The maximum atomic E-state index is 10.9. The van der Waals surface area contributed by atoms with E-state index in [0.717, 1.165) is 33.6 Å². The topological polar surface area (TPSA) is 100 Å². The molecule has 0 aliphatic rings. The van der Waals surface area contributed by atoms with E-state index in [9.17, 15) is 4.91 Å². The lowest BCUT2D eigenvalue weighted by molar-refractivity contribution is 0.401. The van der Waals surface area contributed by atoms with Gasteiger partial charge >= 0.3 is 0 Å². The lowest BCUT2D eigenvalue weighted by Crippen LogP contribution is -2.03. The maximum absolute atomic E-state index is 10.9. The van der Waals surface area contributed by atoms with Crippen molar-refractivity contribution in [3.05, 3.63) is 71.4 Å². The summed E-state index contributed by atoms with van der Waals surface area (Å²) >= 11 is 0. The monoisotopic (exact) mass is 399 g/mol. The summed E-state index contributed by atoms with van der Waals surface area (Å²) in [4.78, 5) is 28.5. The summed E-state index contributed by atoms with van der Waals surface area (Å²) < 4.78 is 9.43. The lowest BCUT2D eigenvalue weighted by Gasteiger charge is -2.10. The maximum Gasteiger partial charge on any atom is 0.241 e. The van der Waals surface area contributed by atoms with Crippen LogP contribution in [0.1, 0.15) is 11.4 Å². The second kappa shape index (κ2) is 7.03. The smallest absolute Gasteiger partial charge is 0.241 e. The van der Waals surface area contributed by atoms with Crippen molar-refractivity contribution in [2.75, 3.05) is 7.11 Å². The minimum Gasteiger partial charge on any atom is -0.479 e. The van der Waals surface area contributed by atoms with Crippen LogP contribution < -0.4 is 4.74 Å². The summed E-state index contributed by atoms with van der Waals surface area (Å²) in [5, 5.41) is 3.02. The third-order valence-electron chi connectivity index (χ3n) is 5.05. The van der Waals surface area contributed by atoms with Gasteiger partial charge in [-0.2, -0.15) is 4.98 Å². The van der Waals surface area contributed by atoms with E-state index < -0.39 is 0 Å². The quantitative estimate of drug-likeness (QED) is 0.415. The number of nitroso groups, excluding NO2 is 1. The molecule has 0 N–H and O–H groups in total. The summed E-state index contributed by atoms with van der Waals surface area (Å²) in [7, 11) is 1.58. The van der Waals surface area contributed by atoms with E-state index in [0.29, 0.717) is 23.8 Å². The Kier molecular flexibility index (Phi) is 4.20. The first-order chi connectivity index (χ1) is 14.7. The lowest BCUT2D eigenvalue weighted by atomic mass is 10.2. The molecule has 0 bridgehead atoms. The third kappa shape index (κ3) is 2.87. The van der Waals surface area contributed by atoms with Crippen LogP contribution in [0, 0.1) is 11.8 Å². The van der Waals surface area contributed by atoms with Gasteiger partial charge < -0.3 is 13.9 Å². The molecule has 5 aromatic rings. The van der Waals surface area contributed by atoms with Gasteiger partial charge in [-0.05, 0) is 41.9 Å². The number of ether oxygens (including phenoxy) is 1. The molecular weight excluding hydrogens is 382 g/mol. The predicted octanol–water partition coefficient (Wildman–Crippen LogP) is 3.93. The van der Waals surface area contributed by atoms with Crippen LogP contribution in [0.4, 0.5) is 5.69 Å². The summed E-state index contributed by atoms with van der Waals surface area (Å²) in [5.41, 5.74) is 5.29. The molecule has 5 rings (SSSR count). The first-order valence-electron chi connectivity index (χ1n) is 9.29. The third-order valence-corrected chi connectivity index (χ3v) is 5.05. The van der Waals surface area contributed by atoms with Crippen LogP contribution in [-0.2, 0) is 6.54 Å². The van der Waals surface area contributed by atoms with Crippen LogP contribution in [-0.4, -0.2) is 36.2 Å². The molecule has 0 amide bonds. The molecule has 4 heterocycles. The zero-order valence-corrected chi connectivity index (χ0v) is 16.4. The van der Waals surface area contributed by atoms with Crippen molar-refractivity contribution in [3.63, 3.8) is 0 Å². The highest BCUT2D eigenvalue weighted by molar-refractivity contribution is 5.83. The highest BCUT2D eigenvalue weighted by Gasteiger charge is 2.15. The van der Waals surface area contributed by atoms with E-state index in [-0.39, 0.29) is 0 Å². The van der Waals surface area contributed by atoms with Crippen molar-refractivity contribution in [2.24, 2.45) is 5.18 Å². The number of nitrogens with zero attached hydrogens (tertiary/aromatic N) is 7. The first kappa shape index (κ1) is 17.9. The molecule has 0 saturated heterocycles. The number of imidazole rings is 1. The van der Waals surface area contributed by atoms with Crippen LogP contribution in [0.5, 0.6) is 5.88 Å². The van der Waals surface area contributed by atoms with Gasteiger partial charge in [0.15, 0.2) is 5.65 Å². The molecule has 0 fully saturated rings. The average molecular weight is 399 g/mol. The van der Waals surface area contributed by atoms with E-state index in [1.54, 1.807) is 25.4 Å². The second-order valence-corrected chi connectivity index (χ2v) is 6.85. The fourth-order valence-corrected chi connectivity index (χ4v) is 3.64. The standard InChI is InChI=1S/C21H17N7O2/c1-13-25-20-18(28(13)11-14-4-3-5-15(8-14)26-29)9-16(10-22-20)27-7-6-17-19(27)21(30-2)24-12-23-17/h3-10,12H,11H2,1-2H3. The van der Waals surface area contributed by atoms with Crippen molar-refractivity contribution >= 4 is 27.9 Å². The predicted molar refractivity (Wildman–Crippen MR) is 112 cm³/mol. The van der Waals surface area contributed by atoms with E-state index in [2.05, 4.69) is 29.7 Å². The number of fused-ring (bicyclic) bond motifs is 2. The Labute approximate surface area is 171 Å². The van der Waals surface area contributed by atoms with Gasteiger partial charge in [-0.25, -0.2) is 15.0 Å². The van der Waals surface area contributed by atoms with Gasteiger partial charge in [0.2, 0.25) is 5.88 Å². The SMILES string of the molecule is COc1ncnc2ccn(-c3cnc4nc(C)n(Cc5cccc(N=O)c5)c4c3)c12. The zero-order chi connectivity index (χ0) is 20.7. The number of benzene rings is 1. The van der Waals surface area contributed by atoms with Gasteiger partial charge in [-0.15, -0.1) is 4.91 Å². The largest absolute Gasteiger partial charge is 0.479 e. The molecule has 0 atom stereocenters. The minimum absolute atomic E-state index is 0.402. The Bertz CT molecular complexity index is 1400. The van der Waals surface area contributed by atoms with E-state index in [4.69, 9.17) is 4.74 Å². The first-order valence-corrected chi connectivity index (χ1v) is 9.29. The van der Waals surface area contributed by atoms with Crippen LogP contribution in [0.25, 0.3) is 27.9 Å². The number of methoxy groups -OCH3 is 1. The van der Waals surface area contributed by atoms with Crippen molar-refractivity contribution in [2.45, 2.75) is 13.5 Å². The molecule has 1 aromatic carbocycles. The number of pyridine rings is 1. The number of hydrogen-bond acceptors (Lipinski definition) is 7. The van der Waals surface area contributed by atoms with Gasteiger partial charge in [0.25, 0.3) is 0 Å². The Morgan fingerprint density at radius 1 is 1.13 bits per heavy atom. The van der Waals surface area contributed by atoms with Gasteiger partial charge in [0, 0.05) is 12.7 Å². The number of hydrogen-bond donors (Lipinski definition) is 0. The van der Waals surface area contributed by atoms with Crippen LogP contribution in [0.15, 0.2) is 60.3 Å². The Morgan fingerprint density at radius 2 is 2.03 bits per heavy atom. The number of rotatable bonds is 5. The molecular formula is C21H17N7O2. The summed E-state index contributed by atoms with van der Waals surface area (Å²) in [6.45, 7) is 2.49. The molecule has 0 aliphatic heterocycles. The molecule has 30 heavy (non-hydrogen) atoms. The number of aromatic nitrogens is 6. The molecule has 0 saturated carbocycles. The van der Waals surface area contributed by atoms with Crippen molar-refractivity contribution in [1.29, 1.82) is 0 Å². The second-order valence-electron chi connectivity index (χ2n) is 6.85. The van der Waals surface area contributed by atoms with Crippen molar-refractivity contribution in [1.82, 2.24) is 29.1 Å². The van der Waals surface area contributed by atoms with Crippen molar-refractivity contribution in [3.8, 4) is 11.6 Å². The van der Waals surface area contributed by atoms with E-state index in [1.807, 2.05) is 42.0 Å². The molecule has 0 spiro atoms. The fraction of sp³-hybridized carbons (Fsp3) is 0.143. The van der Waals surface area contributed by atoms with Gasteiger partial charge in [0.1, 0.15) is 23.4 Å². The molecule has 148 valence electrons. The van der Waals surface area contributed by atoms with Gasteiger partial charge in [-0.1, -0.05) is 12.1 Å². The van der Waals surface area contributed by atoms with Gasteiger partial charge in [0.05, 0.1) is 30.0 Å². The molecule has 0 radical (unpaired) electrons. The summed E-state index contributed by atoms with van der Waals surface area (Å²) in [6.07, 6.45) is 5.16. The Hall–Kier alpha value is -4.14. The highest BCUT2D eigenvalue weighted by Crippen LogP contribution is 2.27. The minimum atomic E-state index is 0.402. The normalized spacial score (nSPS) is 11.3. The highest BCUT2D eigenvalue weighted by atomic mass is 16.5. The van der Waals surface area contributed by atoms with Crippen LogP contribution in [0.2, 0.25) is 0 Å². The number of aryl methyl sites for hydroxylation is 1. The summed E-state index contributed by atoms with van der Waals surface area (Å²) in [6, 6.07) is 11.2. The molecule has 9 nitrogen and oxygen atoms in total. The Balaban J connectivity index is 1.64. The fourth-order valence-electron chi connectivity index (χ4n) is 3.64. The van der Waals surface area contributed by atoms with Crippen LogP contribution in [0.3, 0.4) is 0 Å².